The summed E-state index contributed by atoms with van der Waals surface area (Å²) < 4.78 is 0. The predicted octanol–water partition coefficient (Wildman–Crippen LogP) is 3.75. The lowest BCUT2D eigenvalue weighted by molar-refractivity contribution is -0.127. The number of hydrogen-bond donors (Lipinski definition) is 0. The molecule has 7 heteroatoms. The van der Waals surface area contributed by atoms with Crippen LogP contribution in [0.1, 0.15) is 17.3 Å². The molecule has 0 aliphatic carbocycles. The Hall–Kier alpha value is -3.74. The molecule has 0 N–H and O–H groups in total. The van der Waals surface area contributed by atoms with Crippen molar-refractivity contribution in [2.75, 3.05) is 0 Å². The number of rotatable bonds is 3. The summed E-state index contributed by atoms with van der Waals surface area (Å²) in [5.74, 6) is -1.02. The Kier molecular flexibility index (Phi) is 4.25. The number of hydrazone groups is 1. The molecule has 0 fully saturated rings. The van der Waals surface area contributed by atoms with E-state index >= 15 is 0 Å². The minimum atomic E-state index is -0.901. The highest BCUT2D eigenvalue weighted by atomic mass is 16.2. The second-order valence-corrected chi connectivity index (χ2v) is 6.08. The fraction of sp³-hybridized carbons (Fsp3) is 0.100. The highest BCUT2D eigenvalue weighted by molar-refractivity contribution is 6.18. The van der Waals surface area contributed by atoms with Crippen LogP contribution >= 0.6 is 0 Å². The largest absolute Gasteiger partial charge is 0.282 e. The van der Waals surface area contributed by atoms with Crippen molar-refractivity contribution in [3.63, 3.8) is 0 Å². The van der Waals surface area contributed by atoms with Crippen molar-refractivity contribution in [1.29, 1.82) is 0 Å². The van der Waals surface area contributed by atoms with E-state index < -0.39 is 17.9 Å². The number of fused-ring (bicyclic) bond motifs is 1. The van der Waals surface area contributed by atoms with Gasteiger partial charge in [0, 0.05) is 18.0 Å². The molecule has 1 aliphatic heterocycles. The zero-order valence-corrected chi connectivity index (χ0v) is 14.5. The van der Waals surface area contributed by atoms with Gasteiger partial charge in [-0.1, -0.05) is 30.3 Å². The van der Waals surface area contributed by atoms with Crippen molar-refractivity contribution in [3.8, 4) is 0 Å². The summed E-state index contributed by atoms with van der Waals surface area (Å²) >= 11 is 0. The molecule has 1 atom stereocenters. The third-order valence-corrected chi connectivity index (χ3v) is 4.24. The van der Waals surface area contributed by atoms with E-state index in [2.05, 4.69) is 20.3 Å². The standard InChI is InChI=1S/C20H15N5O2/c1-13-18(20(27)25(24-13)19(26)15-8-10-21-11-9-15)23-22-17-7-6-14-4-2-3-5-16(14)12-17/h2-12,18H,1H3/t18-/m0/s1. The minimum Gasteiger partial charge on any atom is -0.269 e. The number of nitrogens with zero attached hydrogens (tertiary/aromatic N) is 5. The summed E-state index contributed by atoms with van der Waals surface area (Å²) in [6, 6.07) is 15.7. The molecule has 0 unspecified atom stereocenters. The molecule has 132 valence electrons. The van der Waals surface area contributed by atoms with Crippen LogP contribution in [0.15, 0.2) is 82.3 Å². The summed E-state index contributed by atoms with van der Waals surface area (Å²) in [6.45, 7) is 1.65. The Morgan fingerprint density at radius 1 is 1.04 bits per heavy atom. The second-order valence-electron chi connectivity index (χ2n) is 6.08. The number of imide groups is 1. The molecule has 0 saturated heterocycles. The van der Waals surface area contributed by atoms with E-state index in [0.29, 0.717) is 17.0 Å². The number of carbonyl (C=O) groups excluding carboxylic acids is 2. The van der Waals surface area contributed by atoms with Gasteiger partial charge in [-0.05, 0) is 42.0 Å². The maximum Gasteiger partial charge on any atom is 0.282 e. The normalized spacial score (nSPS) is 16.9. The molecule has 0 saturated carbocycles. The Balaban J connectivity index is 1.55. The van der Waals surface area contributed by atoms with Crippen LogP contribution in [0.2, 0.25) is 0 Å². The summed E-state index contributed by atoms with van der Waals surface area (Å²) in [6.07, 6.45) is 2.97. The van der Waals surface area contributed by atoms with Crippen molar-refractivity contribution in [3.05, 3.63) is 72.6 Å². The van der Waals surface area contributed by atoms with Gasteiger partial charge in [-0.15, -0.1) is 0 Å². The van der Waals surface area contributed by atoms with Crippen molar-refractivity contribution in [2.45, 2.75) is 13.0 Å². The first kappa shape index (κ1) is 16.7. The van der Waals surface area contributed by atoms with E-state index in [4.69, 9.17) is 0 Å². The van der Waals surface area contributed by atoms with Gasteiger partial charge in [0.2, 0.25) is 0 Å². The van der Waals surface area contributed by atoms with Crippen LogP contribution in [0.25, 0.3) is 10.8 Å². The lowest BCUT2D eigenvalue weighted by Gasteiger charge is -2.10. The molecule has 4 rings (SSSR count). The maximum absolute atomic E-state index is 12.6. The topological polar surface area (TPSA) is 87.4 Å². The molecule has 1 aromatic heterocycles. The van der Waals surface area contributed by atoms with Gasteiger partial charge in [-0.2, -0.15) is 20.3 Å². The first-order chi connectivity index (χ1) is 13.1. The molecule has 1 aliphatic rings. The van der Waals surface area contributed by atoms with Gasteiger partial charge >= 0.3 is 0 Å². The first-order valence-electron chi connectivity index (χ1n) is 8.36. The van der Waals surface area contributed by atoms with Crippen molar-refractivity contribution >= 4 is 34.0 Å². The van der Waals surface area contributed by atoms with Crippen LogP contribution < -0.4 is 0 Å². The zero-order chi connectivity index (χ0) is 18.8. The van der Waals surface area contributed by atoms with E-state index in [1.54, 1.807) is 6.92 Å². The lowest BCUT2D eigenvalue weighted by Crippen LogP contribution is -2.34. The molecular weight excluding hydrogens is 342 g/mol. The van der Waals surface area contributed by atoms with E-state index in [9.17, 15) is 9.59 Å². The van der Waals surface area contributed by atoms with Crippen molar-refractivity contribution in [1.82, 2.24) is 9.99 Å². The number of aromatic nitrogens is 1. The number of amides is 2. The third kappa shape index (κ3) is 3.22. The molecule has 3 aromatic rings. The van der Waals surface area contributed by atoms with Crippen molar-refractivity contribution in [2.24, 2.45) is 15.3 Å². The Bertz CT molecular complexity index is 1090. The van der Waals surface area contributed by atoms with Crippen LogP contribution in [0.4, 0.5) is 5.69 Å². The number of benzene rings is 2. The molecule has 0 bridgehead atoms. The van der Waals surface area contributed by atoms with E-state index in [1.165, 1.54) is 24.5 Å². The van der Waals surface area contributed by atoms with Gasteiger partial charge in [0.15, 0.2) is 6.04 Å². The van der Waals surface area contributed by atoms with Gasteiger partial charge < -0.3 is 0 Å². The minimum absolute atomic E-state index is 0.335. The van der Waals surface area contributed by atoms with Crippen LogP contribution in [0.3, 0.4) is 0 Å². The summed E-state index contributed by atoms with van der Waals surface area (Å²) in [5, 5.41) is 15.3. The number of carbonyl (C=O) groups is 2. The smallest absolute Gasteiger partial charge is 0.269 e. The predicted molar refractivity (Wildman–Crippen MR) is 101 cm³/mol. The van der Waals surface area contributed by atoms with Crippen LogP contribution in [0, 0.1) is 0 Å². The number of pyridine rings is 1. The monoisotopic (exact) mass is 357 g/mol. The Morgan fingerprint density at radius 2 is 1.78 bits per heavy atom. The number of hydrogen-bond acceptors (Lipinski definition) is 6. The zero-order valence-electron chi connectivity index (χ0n) is 14.5. The molecule has 2 amide bonds. The molecule has 2 aromatic carbocycles. The summed E-state index contributed by atoms with van der Waals surface area (Å²) in [7, 11) is 0. The fourth-order valence-corrected chi connectivity index (χ4v) is 2.81. The van der Waals surface area contributed by atoms with Gasteiger partial charge in [-0.25, -0.2) is 0 Å². The van der Waals surface area contributed by atoms with Gasteiger partial charge in [0.25, 0.3) is 11.8 Å². The second kappa shape index (κ2) is 6.87. The quantitative estimate of drug-likeness (QED) is 0.528. The third-order valence-electron chi connectivity index (χ3n) is 4.24. The van der Waals surface area contributed by atoms with E-state index in [0.717, 1.165) is 15.8 Å². The highest BCUT2D eigenvalue weighted by Gasteiger charge is 2.38. The van der Waals surface area contributed by atoms with Gasteiger partial charge in [0.05, 0.1) is 11.4 Å². The average molecular weight is 357 g/mol. The summed E-state index contributed by atoms with van der Waals surface area (Å²) in [5.41, 5.74) is 1.39. The molecule has 2 heterocycles. The van der Waals surface area contributed by atoms with Gasteiger partial charge in [0.1, 0.15) is 0 Å². The van der Waals surface area contributed by atoms with Crippen molar-refractivity contribution < 1.29 is 9.59 Å². The maximum atomic E-state index is 12.6. The van der Waals surface area contributed by atoms with Crippen LogP contribution in [-0.4, -0.2) is 33.6 Å². The van der Waals surface area contributed by atoms with Gasteiger partial charge in [-0.3, -0.25) is 14.6 Å². The molecule has 0 spiro atoms. The molecule has 27 heavy (non-hydrogen) atoms. The molecule has 0 radical (unpaired) electrons. The molecular formula is C20H15N5O2. The fourth-order valence-electron chi connectivity index (χ4n) is 2.81. The first-order valence-corrected chi connectivity index (χ1v) is 8.36. The Labute approximate surface area is 155 Å². The molecule has 7 nitrogen and oxygen atoms in total. The SMILES string of the molecule is CC1=NN(C(=O)c2ccncc2)C(=O)[C@H]1N=Nc1ccc2ccccc2c1. The number of azo groups is 1. The van der Waals surface area contributed by atoms with E-state index in [-0.39, 0.29) is 0 Å². The average Bonchev–Trinajstić information content (AvgIpc) is 3.00. The van der Waals surface area contributed by atoms with E-state index in [1.807, 2.05) is 42.5 Å². The Morgan fingerprint density at radius 3 is 2.56 bits per heavy atom. The highest BCUT2D eigenvalue weighted by Crippen LogP contribution is 2.23. The van der Waals surface area contributed by atoms with Crippen LogP contribution in [0.5, 0.6) is 0 Å². The summed E-state index contributed by atoms with van der Waals surface area (Å²) in [4.78, 5) is 28.9. The van der Waals surface area contributed by atoms with Crippen LogP contribution in [-0.2, 0) is 4.79 Å². The lowest BCUT2D eigenvalue weighted by atomic mass is 10.1.